The van der Waals surface area contributed by atoms with Crippen LogP contribution in [-0.2, 0) is 11.8 Å². The number of amides is 1. The smallest absolute Gasteiger partial charge is 0.248 e. The maximum Gasteiger partial charge on any atom is 0.248 e. The Morgan fingerprint density at radius 1 is 1.31 bits per heavy atom. The molecule has 0 bridgehead atoms. The summed E-state index contributed by atoms with van der Waals surface area (Å²) in [5.74, 6) is -0.718. The minimum absolute atomic E-state index is 0.340. The van der Waals surface area contributed by atoms with Crippen LogP contribution in [-0.4, -0.2) is 28.8 Å². The molecule has 1 aliphatic rings. The number of carbonyl (C=O) groups excluding carboxylic acids is 1. The Morgan fingerprint density at radius 3 is 2.69 bits per heavy atom. The second-order valence-electron chi connectivity index (χ2n) is 6.45. The number of rotatable bonds is 4. The summed E-state index contributed by atoms with van der Waals surface area (Å²) in [6.07, 6.45) is 6.42. The van der Waals surface area contributed by atoms with Gasteiger partial charge in [0, 0.05) is 31.8 Å². The quantitative estimate of drug-likeness (QED) is 0.815. The first-order valence-corrected chi connectivity index (χ1v) is 9.06. The van der Waals surface area contributed by atoms with Crippen LogP contribution in [0.2, 0.25) is 5.15 Å². The van der Waals surface area contributed by atoms with Crippen molar-refractivity contribution in [1.82, 2.24) is 9.78 Å². The van der Waals surface area contributed by atoms with E-state index in [4.69, 9.17) is 11.6 Å². The minimum Gasteiger partial charge on any atom is -0.370 e. The van der Waals surface area contributed by atoms with Crippen molar-refractivity contribution in [2.75, 3.05) is 23.3 Å². The second-order valence-corrected chi connectivity index (χ2v) is 6.80. The van der Waals surface area contributed by atoms with Gasteiger partial charge in [-0.25, -0.2) is 4.39 Å². The number of nitrogens with zero attached hydrogens (tertiary/aromatic N) is 3. The monoisotopic (exact) mass is 376 g/mol. The highest BCUT2D eigenvalue weighted by molar-refractivity contribution is 6.31. The van der Waals surface area contributed by atoms with Crippen LogP contribution in [0.4, 0.5) is 15.8 Å². The molecular weight excluding hydrogens is 355 g/mol. The highest BCUT2D eigenvalue weighted by Crippen LogP contribution is 2.29. The molecule has 0 aliphatic carbocycles. The summed E-state index contributed by atoms with van der Waals surface area (Å²) in [7, 11) is 1.74. The van der Waals surface area contributed by atoms with Crippen LogP contribution in [0.25, 0.3) is 6.08 Å². The van der Waals surface area contributed by atoms with Gasteiger partial charge in [-0.3, -0.25) is 9.48 Å². The largest absolute Gasteiger partial charge is 0.370 e. The molecule has 0 spiro atoms. The molecule has 26 heavy (non-hydrogen) atoms. The van der Waals surface area contributed by atoms with Gasteiger partial charge in [-0.05, 0) is 50.5 Å². The number of halogens is 2. The normalized spacial score (nSPS) is 14.8. The first-order chi connectivity index (χ1) is 12.5. The summed E-state index contributed by atoms with van der Waals surface area (Å²) < 4.78 is 15.3. The fourth-order valence-corrected chi connectivity index (χ4v) is 3.43. The molecule has 5 nitrogen and oxygen atoms in total. The van der Waals surface area contributed by atoms with Crippen molar-refractivity contribution < 1.29 is 9.18 Å². The Hall–Kier alpha value is -2.34. The lowest BCUT2D eigenvalue weighted by Gasteiger charge is -2.30. The third kappa shape index (κ3) is 4.07. The van der Waals surface area contributed by atoms with Gasteiger partial charge in [0.05, 0.1) is 17.1 Å². The molecule has 1 aromatic heterocycles. The molecule has 1 saturated heterocycles. The summed E-state index contributed by atoms with van der Waals surface area (Å²) in [5, 5.41) is 7.46. The molecule has 1 amide bonds. The molecule has 0 saturated carbocycles. The summed E-state index contributed by atoms with van der Waals surface area (Å²) in [6.45, 7) is 3.65. The van der Waals surface area contributed by atoms with Crippen molar-refractivity contribution in [2.24, 2.45) is 7.05 Å². The molecule has 1 aromatic carbocycles. The lowest BCUT2D eigenvalue weighted by molar-refractivity contribution is -0.111. The first-order valence-electron chi connectivity index (χ1n) is 8.68. The van der Waals surface area contributed by atoms with E-state index >= 15 is 0 Å². The van der Waals surface area contributed by atoms with E-state index in [1.807, 2.05) is 6.92 Å². The minimum atomic E-state index is -0.379. The molecule has 7 heteroatoms. The van der Waals surface area contributed by atoms with Crippen LogP contribution < -0.4 is 10.2 Å². The summed E-state index contributed by atoms with van der Waals surface area (Å²) in [4.78, 5) is 14.5. The van der Waals surface area contributed by atoms with E-state index < -0.39 is 0 Å². The summed E-state index contributed by atoms with van der Waals surface area (Å²) in [5.41, 5.74) is 2.76. The maximum atomic E-state index is 13.7. The number of hydrogen-bond donors (Lipinski definition) is 1. The van der Waals surface area contributed by atoms with Gasteiger partial charge in [-0.15, -0.1) is 0 Å². The first kappa shape index (κ1) is 18.5. The van der Waals surface area contributed by atoms with Gasteiger partial charge >= 0.3 is 0 Å². The van der Waals surface area contributed by atoms with Gasteiger partial charge in [0.15, 0.2) is 0 Å². The molecule has 0 atom stereocenters. The average molecular weight is 377 g/mol. The van der Waals surface area contributed by atoms with Crippen molar-refractivity contribution in [3.05, 3.63) is 46.5 Å². The number of piperidine rings is 1. The van der Waals surface area contributed by atoms with E-state index in [1.165, 1.54) is 24.6 Å². The van der Waals surface area contributed by atoms with Crippen LogP contribution in [0.1, 0.15) is 30.5 Å². The fourth-order valence-electron chi connectivity index (χ4n) is 3.19. The second kappa shape index (κ2) is 7.91. The van der Waals surface area contributed by atoms with Crippen molar-refractivity contribution in [2.45, 2.75) is 26.2 Å². The zero-order chi connectivity index (χ0) is 18.7. The van der Waals surface area contributed by atoms with Crippen LogP contribution >= 0.6 is 11.6 Å². The summed E-state index contributed by atoms with van der Waals surface area (Å²) in [6, 6.07) is 4.51. The molecule has 2 aromatic rings. The molecule has 138 valence electrons. The van der Waals surface area contributed by atoms with E-state index in [2.05, 4.69) is 15.3 Å². The topological polar surface area (TPSA) is 50.2 Å². The van der Waals surface area contributed by atoms with Crippen LogP contribution in [0.5, 0.6) is 0 Å². The van der Waals surface area contributed by atoms with Crippen molar-refractivity contribution in [1.29, 1.82) is 0 Å². The highest BCUT2D eigenvalue weighted by atomic mass is 35.5. The molecule has 0 radical (unpaired) electrons. The van der Waals surface area contributed by atoms with Gasteiger partial charge < -0.3 is 10.2 Å². The van der Waals surface area contributed by atoms with Crippen molar-refractivity contribution in [3.8, 4) is 0 Å². The third-order valence-electron chi connectivity index (χ3n) is 4.51. The molecule has 3 rings (SSSR count). The number of aromatic nitrogens is 2. The van der Waals surface area contributed by atoms with Gasteiger partial charge in [0.25, 0.3) is 0 Å². The number of anilines is 2. The van der Waals surface area contributed by atoms with E-state index in [-0.39, 0.29) is 11.7 Å². The van der Waals surface area contributed by atoms with Gasteiger partial charge in [0.2, 0.25) is 5.91 Å². The van der Waals surface area contributed by atoms with E-state index in [9.17, 15) is 9.18 Å². The predicted molar refractivity (Wildman–Crippen MR) is 103 cm³/mol. The van der Waals surface area contributed by atoms with Crippen molar-refractivity contribution in [3.63, 3.8) is 0 Å². The molecular formula is C19H22ClFN4O. The molecule has 1 N–H and O–H groups in total. The molecule has 1 aliphatic heterocycles. The average Bonchev–Trinajstić information content (AvgIpc) is 2.86. The Balaban J connectivity index is 1.78. The third-order valence-corrected chi connectivity index (χ3v) is 4.96. The maximum absolute atomic E-state index is 13.7. The van der Waals surface area contributed by atoms with E-state index in [0.29, 0.717) is 16.4 Å². The number of benzene rings is 1. The molecule has 0 unspecified atom stereocenters. The standard InChI is InChI=1S/C19H22ClFN4O/c1-13-15(19(20)24(2)23-13)7-9-18(26)22-16-12-14(21)6-8-17(16)25-10-4-3-5-11-25/h6-9,12H,3-5,10-11H2,1-2H3,(H,22,26)/b9-7+. The predicted octanol–water partition coefficient (Wildman–Crippen LogP) is 4.16. The fraction of sp³-hybridized carbons (Fsp3) is 0.368. The Labute approximate surface area is 157 Å². The number of nitrogens with one attached hydrogen (secondary N) is 1. The van der Waals surface area contributed by atoms with Crippen LogP contribution in [0, 0.1) is 12.7 Å². The zero-order valence-electron chi connectivity index (χ0n) is 14.9. The number of hydrogen-bond acceptors (Lipinski definition) is 3. The number of carbonyl (C=O) groups is 1. The van der Waals surface area contributed by atoms with Crippen LogP contribution in [0.15, 0.2) is 24.3 Å². The van der Waals surface area contributed by atoms with Gasteiger partial charge in [-0.2, -0.15) is 5.10 Å². The van der Waals surface area contributed by atoms with E-state index in [0.717, 1.165) is 37.3 Å². The summed E-state index contributed by atoms with van der Waals surface area (Å²) >= 11 is 6.17. The lowest BCUT2D eigenvalue weighted by atomic mass is 10.1. The van der Waals surface area contributed by atoms with Gasteiger partial charge in [0.1, 0.15) is 11.0 Å². The molecule has 1 fully saturated rings. The Kier molecular flexibility index (Phi) is 5.61. The Morgan fingerprint density at radius 2 is 2.04 bits per heavy atom. The lowest BCUT2D eigenvalue weighted by Crippen LogP contribution is -2.30. The molecule has 2 heterocycles. The van der Waals surface area contributed by atoms with Gasteiger partial charge in [-0.1, -0.05) is 11.6 Å². The SMILES string of the molecule is Cc1nn(C)c(Cl)c1/C=C/C(=O)Nc1cc(F)ccc1N1CCCCC1. The van der Waals surface area contributed by atoms with Crippen LogP contribution in [0.3, 0.4) is 0 Å². The highest BCUT2D eigenvalue weighted by Gasteiger charge is 2.16. The zero-order valence-corrected chi connectivity index (χ0v) is 15.7. The number of aryl methyl sites for hydroxylation is 2. The van der Waals surface area contributed by atoms with Crippen molar-refractivity contribution >= 4 is 35.0 Å². The Bertz CT molecular complexity index is 840. The van der Waals surface area contributed by atoms with E-state index in [1.54, 1.807) is 23.9 Å².